The third kappa shape index (κ3) is 2.36. The van der Waals surface area contributed by atoms with E-state index in [1.54, 1.807) is 0 Å². The van der Waals surface area contributed by atoms with E-state index in [1.165, 1.54) is 11.1 Å². The van der Waals surface area contributed by atoms with Crippen molar-refractivity contribution in [1.29, 1.82) is 0 Å². The van der Waals surface area contributed by atoms with Crippen LogP contribution in [0.1, 0.15) is 23.1 Å². The summed E-state index contributed by atoms with van der Waals surface area (Å²) in [5.74, 6) is 0.547. The molecule has 0 fully saturated rings. The van der Waals surface area contributed by atoms with E-state index in [1.807, 2.05) is 0 Å². The zero-order valence-corrected chi connectivity index (χ0v) is 10.4. The van der Waals surface area contributed by atoms with Crippen LogP contribution in [0.4, 0.5) is 0 Å². The van der Waals surface area contributed by atoms with Crippen LogP contribution < -0.4 is 5.32 Å². The van der Waals surface area contributed by atoms with Crippen molar-refractivity contribution >= 4 is 0 Å². The Bertz CT molecular complexity index is 466. The summed E-state index contributed by atoms with van der Waals surface area (Å²) in [5.41, 5.74) is 2.80. The maximum absolute atomic E-state index is 2.42. The van der Waals surface area contributed by atoms with Crippen LogP contribution in [0.3, 0.4) is 0 Å². The van der Waals surface area contributed by atoms with Crippen LogP contribution >= 0.6 is 0 Å². The van der Waals surface area contributed by atoms with E-state index in [4.69, 9.17) is 0 Å². The van der Waals surface area contributed by atoms with E-state index < -0.39 is 0 Å². The van der Waals surface area contributed by atoms with Crippen molar-refractivity contribution in [2.45, 2.75) is 12.0 Å². The molecule has 1 aliphatic rings. The van der Waals surface area contributed by atoms with Gasteiger partial charge in [-0.25, -0.2) is 0 Å². The molecule has 0 bridgehead atoms. The van der Waals surface area contributed by atoms with Gasteiger partial charge in [0.2, 0.25) is 0 Å². The highest BCUT2D eigenvalue weighted by Gasteiger charge is 2.20. The van der Waals surface area contributed by atoms with Crippen LogP contribution in [0.2, 0.25) is 0 Å². The van der Waals surface area contributed by atoms with Crippen molar-refractivity contribution in [3.63, 3.8) is 0 Å². The van der Waals surface area contributed by atoms with Crippen LogP contribution in [-0.2, 0) is 0 Å². The Balaban J connectivity index is 1.76. The first kappa shape index (κ1) is 11.2. The Morgan fingerprint density at radius 2 is 1.33 bits per heavy atom. The molecule has 90 valence electrons. The van der Waals surface area contributed by atoms with Gasteiger partial charge in [-0.15, -0.1) is 0 Å². The molecule has 2 aromatic carbocycles. The predicted octanol–water partition coefficient (Wildman–Crippen LogP) is 2.64. The Kier molecular flexibility index (Phi) is 3.24. The van der Waals surface area contributed by atoms with Gasteiger partial charge in [-0.3, -0.25) is 0 Å². The van der Waals surface area contributed by atoms with Crippen molar-refractivity contribution in [2.24, 2.45) is 0 Å². The maximum Gasteiger partial charge on any atom is 0.130 e. The highest BCUT2D eigenvalue weighted by Crippen LogP contribution is 2.21. The van der Waals surface area contributed by atoms with Crippen molar-refractivity contribution < 1.29 is 5.32 Å². The molecule has 0 saturated heterocycles. The van der Waals surface area contributed by atoms with Crippen molar-refractivity contribution in [2.75, 3.05) is 6.54 Å². The number of hydrogen-bond acceptors (Lipinski definition) is 0. The quantitative estimate of drug-likeness (QED) is 0.772. The summed E-state index contributed by atoms with van der Waals surface area (Å²) < 4.78 is 0. The SMILES string of the molecule is C1=CC(c2ccccc2)[NH2+]CC1c1ccccc1. The first-order valence-corrected chi connectivity index (χ1v) is 6.55. The van der Waals surface area contributed by atoms with E-state index in [-0.39, 0.29) is 0 Å². The van der Waals surface area contributed by atoms with E-state index in [9.17, 15) is 0 Å². The van der Waals surface area contributed by atoms with Crippen LogP contribution in [0.5, 0.6) is 0 Å². The molecule has 18 heavy (non-hydrogen) atoms. The first-order valence-electron chi connectivity index (χ1n) is 6.55. The molecule has 2 aromatic rings. The van der Waals surface area contributed by atoms with Gasteiger partial charge >= 0.3 is 0 Å². The minimum Gasteiger partial charge on any atom is -0.336 e. The lowest BCUT2D eigenvalue weighted by Crippen LogP contribution is -2.86. The number of quaternary nitrogens is 1. The van der Waals surface area contributed by atoms with Crippen molar-refractivity contribution in [1.82, 2.24) is 0 Å². The molecule has 0 radical (unpaired) electrons. The second-order valence-electron chi connectivity index (χ2n) is 4.81. The summed E-state index contributed by atoms with van der Waals surface area (Å²) in [4.78, 5) is 0. The average Bonchev–Trinajstić information content (AvgIpc) is 2.49. The molecule has 1 aliphatic heterocycles. The minimum atomic E-state index is 0.478. The summed E-state index contributed by atoms with van der Waals surface area (Å²) in [6, 6.07) is 21.9. The van der Waals surface area contributed by atoms with Gasteiger partial charge in [0, 0.05) is 5.56 Å². The van der Waals surface area contributed by atoms with E-state index in [2.05, 4.69) is 78.1 Å². The third-order valence-electron chi connectivity index (χ3n) is 3.61. The maximum atomic E-state index is 2.42. The minimum absolute atomic E-state index is 0.478. The summed E-state index contributed by atoms with van der Waals surface area (Å²) in [5, 5.41) is 2.42. The number of nitrogens with two attached hydrogens (primary N) is 1. The second-order valence-corrected chi connectivity index (χ2v) is 4.81. The fraction of sp³-hybridized carbons (Fsp3) is 0.176. The number of rotatable bonds is 2. The van der Waals surface area contributed by atoms with Gasteiger partial charge in [-0.05, 0) is 11.6 Å². The molecule has 0 spiro atoms. The Labute approximate surface area is 108 Å². The molecule has 2 unspecified atom stereocenters. The molecule has 0 amide bonds. The lowest BCUT2D eigenvalue weighted by Gasteiger charge is -2.22. The van der Waals surface area contributed by atoms with Gasteiger partial charge in [0.1, 0.15) is 6.04 Å². The molecule has 3 rings (SSSR count). The topological polar surface area (TPSA) is 16.6 Å². The van der Waals surface area contributed by atoms with Crippen LogP contribution in [-0.4, -0.2) is 6.54 Å². The Hall–Kier alpha value is -1.86. The molecular weight excluding hydrogens is 218 g/mol. The molecular formula is C17H18N+. The fourth-order valence-corrected chi connectivity index (χ4v) is 2.57. The molecule has 2 N–H and O–H groups in total. The number of hydrogen-bond donors (Lipinski definition) is 1. The van der Waals surface area contributed by atoms with Gasteiger partial charge < -0.3 is 5.32 Å². The smallest absolute Gasteiger partial charge is 0.130 e. The van der Waals surface area contributed by atoms with Crippen LogP contribution in [0.15, 0.2) is 72.8 Å². The Morgan fingerprint density at radius 3 is 1.89 bits per heavy atom. The van der Waals surface area contributed by atoms with E-state index >= 15 is 0 Å². The molecule has 1 heteroatoms. The predicted molar refractivity (Wildman–Crippen MR) is 74.3 cm³/mol. The number of benzene rings is 2. The van der Waals surface area contributed by atoms with E-state index in [0.29, 0.717) is 12.0 Å². The summed E-state index contributed by atoms with van der Waals surface area (Å²) >= 11 is 0. The fourth-order valence-electron chi connectivity index (χ4n) is 2.57. The zero-order chi connectivity index (χ0) is 12.2. The van der Waals surface area contributed by atoms with Crippen LogP contribution in [0.25, 0.3) is 0 Å². The van der Waals surface area contributed by atoms with Gasteiger partial charge in [0.15, 0.2) is 0 Å². The highest BCUT2D eigenvalue weighted by molar-refractivity contribution is 5.27. The normalized spacial score (nSPS) is 22.9. The molecule has 0 aromatic heterocycles. The monoisotopic (exact) mass is 236 g/mol. The largest absolute Gasteiger partial charge is 0.336 e. The highest BCUT2D eigenvalue weighted by atomic mass is 14.9. The standard InChI is InChI=1S/C17H17N/c1-3-7-14(8-4-1)16-11-12-17(18-13-16)15-9-5-2-6-10-15/h1-12,16-18H,13H2/p+1. The Morgan fingerprint density at radius 1 is 0.722 bits per heavy atom. The molecule has 1 heterocycles. The lowest BCUT2D eigenvalue weighted by molar-refractivity contribution is -0.689. The van der Waals surface area contributed by atoms with Crippen molar-refractivity contribution in [3.05, 3.63) is 83.9 Å². The van der Waals surface area contributed by atoms with Gasteiger partial charge in [-0.2, -0.15) is 0 Å². The van der Waals surface area contributed by atoms with Gasteiger partial charge in [-0.1, -0.05) is 66.7 Å². The second kappa shape index (κ2) is 5.19. The third-order valence-corrected chi connectivity index (χ3v) is 3.61. The summed E-state index contributed by atoms with van der Waals surface area (Å²) in [6.45, 7) is 1.13. The molecule has 1 nitrogen and oxygen atoms in total. The van der Waals surface area contributed by atoms with Gasteiger partial charge in [0.05, 0.1) is 12.5 Å². The zero-order valence-electron chi connectivity index (χ0n) is 10.4. The molecule has 0 aliphatic carbocycles. The molecule has 0 saturated carbocycles. The van der Waals surface area contributed by atoms with Crippen molar-refractivity contribution in [3.8, 4) is 0 Å². The average molecular weight is 236 g/mol. The molecule has 2 atom stereocenters. The summed E-state index contributed by atoms with van der Waals surface area (Å²) in [7, 11) is 0. The summed E-state index contributed by atoms with van der Waals surface area (Å²) in [6.07, 6.45) is 4.68. The first-order chi connectivity index (χ1) is 8.93. The van der Waals surface area contributed by atoms with Crippen LogP contribution in [0, 0.1) is 0 Å². The lowest BCUT2D eigenvalue weighted by atomic mass is 9.93. The van der Waals surface area contributed by atoms with E-state index in [0.717, 1.165) is 6.54 Å². The van der Waals surface area contributed by atoms with Gasteiger partial charge in [0.25, 0.3) is 0 Å².